The van der Waals surface area contributed by atoms with E-state index in [1.807, 2.05) is 6.07 Å². The molecule has 0 spiro atoms. The van der Waals surface area contributed by atoms with Crippen LogP contribution in [0.25, 0.3) is 6.08 Å². The van der Waals surface area contributed by atoms with Gasteiger partial charge in [-0.25, -0.2) is 4.39 Å². The van der Waals surface area contributed by atoms with Crippen molar-refractivity contribution in [2.75, 3.05) is 44.7 Å². The van der Waals surface area contributed by atoms with Crippen molar-refractivity contribution in [3.63, 3.8) is 0 Å². The molecule has 0 aromatic heterocycles. The molecule has 0 unspecified atom stereocenters. The van der Waals surface area contributed by atoms with E-state index in [4.69, 9.17) is 0 Å². The summed E-state index contributed by atoms with van der Waals surface area (Å²) in [5.41, 5.74) is 2.08. The molecular weight excluding hydrogens is 269 g/mol. The van der Waals surface area contributed by atoms with Crippen LogP contribution >= 0.6 is 0 Å². The number of halogens is 1. The molecule has 0 atom stereocenters. The Hall–Kier alpha value is -1.88. The van der Waals surface area contributed by atoms with Gasteiger partial charge in [-0.15, -0.1) is 0 Å². The van der Waals surface area contributed by atoms with Gasteiger partial charge < -0.3 is 15.1 Å². The van der Waals surface area contributed by atoms with E-state index in [9.17, 15) is 9.18 Å². The van der Waals surface area contributed by atoms with Crippen LogP contribution in [0, 0.1) is 5.82 Å². The van der Waals surface area contributed by atoms with Gasteiger partial charge in [-0.1, -0.05) is 6.07 Å². The summed E-state index contributed by atoms with van der Waals surface area (Å²) in [6, 6.07) is 5.13. The Labute approximate surface area is 124 Å². The van der Waals surface area contributed by atoms with Crippen molar-refractivity contribution in [2.24, 2.45) is 0 Å². The highest BCUT2D eigenvalue weighted by atomic mass is 19.1. The number of amides is 1. The standard InChI is InChI=1S/C16H20FN3O/c1-19-7-9-20(10-8-19)15-4-2-3-14(17)13(15)11-12-5-6-18-16(12)21/h2-4,11H,5-10H2,1H3,(H,18,21)/b12-11-. The van der Waals surface area contributed by atoms with Gasteiger partial charge in [0, 0.05) is 49.5 Å². The smallest absolute Gasteiger partial charge is 0.247 e. The third-order valence-electron chi connectivity index (χ3n) is 4.16. The number of carbonyl (C=O) groups excluding carboxylic acids is 1. The highest BCUT2D eigenvalue weighted by Crippen LogP contribution is 2.28. The first-order valence-corrected chi connectivity index (χ1v) is 7.36. The Morgan fingerprint density at radius 2 is 2.00 bits per heavy atom. The molecule has 3 rings (SSSR count). The maximum absolute atomic E-state index is 14.2. The van der Waals surface area contributed by atoms with E-state index in [0.717, 1.165) is 31.9 Å². The molecule has 1 N–H and O–H groups in total. The number of rotatable bonds is 2. The molecule has 1 aromatic carbocycles. The lowest BCUT2D eigenvalue weighted by Gasteiger charge is -2.35. The SMILES string of the molecule is CN1CCN(c2cccc(F)c2/C=C2/CCNC2=O)CC1. The molecular formula is C16H20FN3O. The Bertz CT molecular complexity index is 577. The minimum absolute atomic E-state index is 0.0809. The van der Waals surface area contributed by atoms with Gasteiger partial charge in [0.2, 0.25) is 5.91 Å². The molecule has 0 aliphatic carbocycles. The molecule has 4 nitrogen and oxygen atoms in total. The molecule has 1 aromatic rings. The van der Waals surface area contributed by atoms with Crippen LogP contribution in [0.4, 0.5) is 10.1 Å². The van der Waals surface area contributed by atoms with Crippen molar-refractivity contribution in [1.29, 1.82) is 0 Å². The number of hydrogen-bond acceptors (Lipinski definition) is 3. The largest absolute Gasteiger partial charge is 0.368 e. The van der Waals surface area contributed by atoms with Crippen LogP contribution in [-0.2, 0) is 4.79 Å². The van der Waals surface area contributed by atoms with Gasteiger partial charge in [0.25, 0.3) is 0 Å². The lowest BCUT2D eigenvalue weighted by Crippen LogP contribution is -2.44. The average Bonchev–Trinajstić information content (AvgIpc) is 2.88. The fraction of sp³-hybridized carbons (Fsp3) is 0.438. The summed E-state index contributed by atoms with van der Waals surface area (Å²) >= 11 is 0. The van der Waals surface area contributed by atoms with Gasteiger partial charge in [-0.2, -0.15) is 0 Å². The van der Waals surface area contributed by atoms with Crippen molar-refractivity contribution in [2.45, 2.75) is 6.42 Å². The Morgan fingerprint density at radius 3 is 2.67 bits per heavy atom. The van der Waals surface area contributed by atoms with Crippen LogP contribution in [0.2, 0.25) is 0 Å². The number of nitrogens with zero attached hydrogens (tertiary/aromatic N) is 2. The molecule has 5 heteroatoms. The summed E-state index contributed by atoms with van der Waals surface area (Å²) in [7, 11) is 2.09. The molecule has 2 saturated heterocycles. The fourth-order valence-electron chi connectivity index (χ4n) is 2.84. The number of hydrogen-bond donors (Lipinski definition) is 1. The Morgan fingerprint density at radius 1 is 1.24 bits per heavy atom. The second-order valence-electron chi connectivity index (χ2n) is 5.64. The molecule has 0 bridgehead atoms. The van der Waals surface area contributed by atoms with Crippen LogP contribution in [0.1, 0.15) is 12.0 Å². The molecule has 0 radical (unpaired) electrons. The van der Waals surface area contributed by atoms with Gasteiger partial charge in [-0.3, -0.25) is 4.79 Å². The molecule has 112 valence electrons. The van der Waals surface area contributed by atoms with E-state index in [0.29, 0.717) is 24.1 Å². The molecule has 2 aliphatic heterocycles. The second-order valence-corrected chi connectivity index (χ2v) is 5.64. The van der Waals surface area contributed by atoms with Gasteiger partial charge in [0.05, 0.1) is 0 Å². The third kappa shape index (κ3) is 2.93. The van der Waals surface area contributed by atoms with Crippen molar-refractivity contribution in [1.82, 2.24) is 10.2 Å². The molecule has 2 aliphatic rings. The Kier molecular flexibility index (Phi) is 3.92. The van der Waals surface area contributed by atoms with Gasteiger partial charge in [0.1, 0.15) is 5.82 Å². The zero-order valence-corrected chi connectivity index (χ0v) is 12.2. The monoisotopic (exact) mass is 289 g/mol. The Balaban J connectivity index is 1.94. The number of piperazine rings is 1. The number of nitrogens with one attached hydrogen (secondary N) is 1. The van der Waals surface area contributed by atoms with E-state index < -0.39 is 0 Å². The van der Waals surface area contributed by atoms with E-state index >= 15 is 0 Å². The first-order chi connectivity index (χ1) is 10.1. The number of carbonyl (C=O) groups is 1. The summed E-state index contributed by atoms with van der Waals surface area (Å²) in [5, 5.41) is 2.76. The van der Waals surface area contributed by atoms with Gasteiger partial charge in [-0.05, 0) is 31.7 Å². The quantitative estimate of drug-likeness (QED) is 0.838. The summed E-state index contributed by atoms with van der Waals surface area (Å²) in [4.78, 5) is 16.2. The molecule has 0 saturated carbocycles. The van der Waals surface area contributed by atoms with Crippen LogP contribution in [0.3, 0.4) is 0 Å². The van der Waals surface area contributed by atoms with Crippen molar-refractivity contribution < 1.29 is 9.18 Å². The molecule has 1 amide bonds. The number of likely N-dealkylation sites (N-methyl/N-ethyl adjacent to an activating group) is 1. The number of benzene rings is 1. The van der Waals surface area contributed by atoms with Crippen LogP contribution in [-0.4, -0.2) is 50.6 Å². The lowest BCUT2D eigenvalue weighted by molar-refractivity contribution is -0.116. The van der Waals surface area contributed by atoms with E-state index in [-0.39, 0.29) is 11.7 Å². The molecule has 2 fully saturated rings. The van der Waals surface area contributed by atoms with E-state index in [1.165, 1.54) is 6.07 Å². The first kappa shape index (κ1) is 14.1. The fourth-order valence-corrected chi connectivity index (χ4v) is 2.84. The third-order valence-corrected chi connectivity index (χ3v) is 4.16. The minimum atomic E-state index is -0.265. The normalized spacial score (nSPS) is 21.9. The lowest BCUT2D eigenvalue weighted by atomic mass is 10.1. The van der Waals surface area contributed by atoms with Crippen LogP contribution < -0.4 is 10.2 Å². The summed E-state index contributed by atoms with van der Waals surface area (Å²) in [6.45, 7) is 4.33. The van der Waals surface area contributed by atoms with Gasteiger partial charge in [0.15, 0.2) is 0 Å². The summed E-state index contributed by atoms with van der Waals surface area (Å²) in [5.74, 6) is -0.346. The highest BCUT2D eigenvalue weighted by molar-refractivity contribution is 6.00. The zero-order valence-electron chi connectivity index (χ0n) is 12.2. The maximum Gasteiger partial charge on any atom is 0.247 e. The van der Waals surface area contributed by atoms with Crippen LogP contribution in [0.15, 0.2) is 23.8 Å². The van der Waals surface area contributed by atoms with Crippen molar-refractivity contribution in [3.05, 3.63) is 35.2 Å². The molecule has 21 heavy (non-hydrogen) atoms. The van der Waals surface area contributed by atoms with Crippen molar-refractivity contribution in [3.8, 4) is 0 Å². The van der Waals surface area contributed by atoms with E-state index in [1.54, 1.807) is 12.1 Å². The second kappa shape index (κ2) is 5.85. The van der Waals surface area contributed by atoms with Crippen molar-refractivity contribution >= 4 is 17.7 Å². The summed E-state index contributed by atoms with van der Waals surface area (Å²) in [6.07, 6.45) is 2.38. The van der Waals surface area contributed by atoms with E-state index in [2.05, 4.69) is 22.2 Å². The summed E-state index contributed by atoms with van der Waals surface area (Å²) < 4.78 is 14.2. The molecule has 2 heterocycles. The highest BCUT2D eigenvalue weighted by Gasteiger charge is 2.21. The topological polar surface area (TPSA) is 35.6 Å². The first-order valence-electron chi connectivity index (χ1n) is 7.36. The minimum Gasteiger partial charge on any atom is -0.368 e. The van der Waals surface area contributed by atoms with Gasteiger partial charge >= 0.3 is 0 Å². The van der Waals surface area contributed by atoms with Crippen LogP contribution in [0.5, 0.6) is 0 Å². The predicted molar refractivity (Wildman–Crippen MR) is 81.7 cm³/mol. The predicted octanol–water partition coefficient (Wildman–Crippen LogP) is 1.48. The number of anilines is 1. The zero-order chi connectivity index (χ0) is 14.8. The maximum atomic E-state index is 14.2. The average molecular weight is 289 g/mol.